The number of thioether (sulfide) groups is 1. The maximum atomic E-state index is 5.80. The van der Waals surface area contributed by atoms with Crippen LogP contribution in [0.1, 0.15) is 18.1 Å². The third-order valence-electron chi connectivity index (χ3n) is 3.42. The largest absolute Gasteiger partial charge is 0.357 e. The summed E-state index contributed by atoms with van der Waals surface area (Å²) in [5.74, 6) is 0.827. The van der Waals surface area contributed by atoms with Gasteiger partial charge in [0.2, 0.25) is 0 Å². The molecule has 0 bridgehead atoms. The van der Waals surface area contributed by atoms with Crippen molar-refractivity contribution >= 4 is 29.3 Å². The molecule has 2 N–H and O–H groups in total. The SMILES string of the molecule is CCNC(=NCc1ccc(SC)cc1)NCCc1ccc(Cl)nc1. The van der Waals surface area contributed by atoms with Gasteiger partial charge in [0.1, 0.15) is 5.15 Å². The summed E-state index contributed by atoms with van der Waals surface area (Å²) in [6, 6.07) is 12.3. The fourth-order valence-electron chi connectivity index (χ4n) is 2.12. The zero-order chi connectivity index (χ0) is 17.2. The number of hydrogen-bond acceptors (Lipinski definition) is 3. The Morgan fingerprint density at radius 1 is 1.12 bits per heavy atom. The average Bonchev–Trinajstić information content (AvgIpc) is 2.62. The van der Waals surface area contributed by atoms with Gasteiger partial charge in [0.25, 0.3) is 0 Å². The smallest absolute Gasteiger partial charge is 0.191 e. The van der Waals surface area contributed by atoms with Gasteiger partial charge in [-0.2, -0.15) is 0 Å². The predicted octanol–water partition coefficient (Wildman–Crippen LogP) is 3.75. The number of halogens is 1. The zero-order valence-electron chi connectivity index (χ0n) is 14.1. The predicted molar refractivity (Wildman–Crippen MR) is 104 cm³/mol. The van der Waals surface area contributed by atoms with Crippen LogP contribution >= 0.6 is 23.4 Å². The Hall–Kier alpha value is -1.72. The van der Waals surface area contributed by atoms with Crippen LogP contribution in [0.3, 0.4) is 0 Å². The molecule has 0 aliphatic rings. The summed E-state index contributed by atoms with van der Waals surface area (Å²) in [5, 5.41) is 7.14. The van der Waals surface area contributed by atoms with E-state index in [1.54, 1.807) is 18.0 Å². The van der Waals surface area contributed by atoms with E-state index in [-0.39, 0.29) is 0 Å². The minimum Gasteiger partial charge on any atom is -0.357 e. The lowest BCUT2D eigenvalue weighted by atomic mass is 10.2. The molecule has 0 fully saturated rings. The van der Waals surface area contributed by atoms with Crippen molar-refractivity contribution in [2.75, 3.05) is 19.3 Å². The molecule has 0 atom stereocenters. The Morgan fingerprint density at radius 2 is 1.88 bits per heavy atom. The van der Waals surface area contributed by atoms with Crippen molar-refractivity contribution in [3.63, 3.8) is 0 Å². The van der Waals surface area contributed by atoms with E-state index in [0.717, 1.165) is 31.0 Å². The Kier molecular flexibility index (Phi) is 7.92. The number of guanidine groups is 1. The molecule has 0 saturated carbocycles. The van der Waals surface area contributed by atoms with Gasteiger partial charge in [-0.15, -0.1) is 11.8 Å². The second kappa shape index (κ2) is 10.2. The van der Waals surface area contributed by atoms with Gasteiger partial charge in [-0.3, -0.25) is 0 Å². The van der Waals surface area contributed by atoms with Crippen LogP contribution in [0.4, 0.5) is 0 Å². The molecule has 24 heavy (non-hydrogen) atoms. The number of nitrogens with zero attached hydrogens (tertiary/aromatic N) is 2. The minimum atomic E-state index is 0.522. The summed E-state index contributed by atoms with van der Waals surface area (Å²) in [5.41, 5.74) is 2.35. The fourth-order valence-corrected chi connectivity index (χ4v) is 2.64. The van der Waals surface area contributed by atoms with Crippen molar-refractivity contribution in [1.29, 1.82) is 0 Å². The van der Waals surface area contributed by atoms with E-state index in [0.29, 0.717) is 11.7 Å². The first-order chi connectivity index (χ1) is 11.7. The van der Waals surface area contributed by atoms with Gasteiger partial charge >= 0.3 is 0 Å². The topological polar surface area (TPSA) is 49.3 Å². The number of pyridine rings is 1. The zero-order valence-corrected chi connectivity index (χ0v) is 15.6. The van der Waals surface area contributed by atoms with Crippen LogP contribution in [0.15, 0.2) is 52.5 Å². The highest BCUT2D eigenvalue weighted by atomic mass is 35.5. The Bertz CT molecular complexity index is 641. The van der Waals surface area contributed by atoms with Gasteiger partial charge < -0.3 is 10.6 Å². The standard InChI is InChI=1S/C18H23ClN4S/c1-3-20-18(21-11-10-15-6-9-17(19)22-12-15)23-13-14-4-7-16(24-2)8-5-14/h4-9,12H,3,10-11,13H2,1-2H3,(H2,20,21,23). The molecule has 1 aromatic carbocycles. The minimum absolute atomic E-state index is 0.522. The van der Waals surface area contributed by atoms with E-state index in [1.165, 1.54) is 10.5 Å². The summed E-state index contributed by atoms with van der Waals surface area (Å²) in [4.78, 5) is 10.00. The second-order valence-corrected chi connectivity index (χ2v) is 6.48. The van der Waals surface area contributed by atoms with Crippen LogP contribution in [-0.2, 0) is 13.0 Å². The number of rotatable bonds is 7. The number of benzene rings is 1. The summed E-state index contributed by atoms with van der Waals surface area (Å²) < 4.78 is 0. The molecule has 0 spiro atoms. The van der Waals surface area contributed by atoms with Gasteiger partial charge in [-0.25, -0.2) is 9.98 Å². The lowest BCUT2D eigenvalue weighted by molar-refractivity contribution is 0.798. The number of hydrogen-bond donors (Lipinski definition) is 2. The van der Waals surface area contributed by atoms with Gasteiger partial charge in [0.05, 0.1) is 6.54 Å². The number of nitrogens with one attached hydrogen (secondary N) is 2. The second-order valence-electron chi connectivity index (χ2n) is 5.21. The van der Waals surface area contributed by atoms with Crippen molar-refractivity contribution in [3.05, 3.63) is 58.9 Å². The molecular formula is C18H23ClN4S. The lowest BCUT2D eigenvalue weighted by Gasteiger charge is -2.11. The highest BCUT2D eigenvalue weighted by molar-refractivity contribution is 7.98. The molecule has 0 amide bonds. The lowest BCUT2D eigenvalue weighted by Crippen LogP contribution is -2.38. The van der Waals surface area contributed by atoms with Crippen molar-refractivity contribution in [1.82, 2.24) is 15.6 Å². The first-order valence-corrected chi connectivity index (χ1v) is 9.57. The molecular weight excluding hydrogens is 340 g/mol. The van der Waals surface area contributed by atoms with Crippen molar-refractivity contribution < 1.29 is 0 Å². The van der Waals surface area contributed by atoms with E-state index in [1.807, 2.05) is 12.1 Å². The molecule has 4 nitrogen and oxygen atoms in total. The van der Waals surface area contributed by atoms with Gasteiger partial charge in [0, 0.05) is 24.2 Å². The average molecular weight is 363 g/mol. The molecule has 0 aliphatic heterocycles. The molecule has 2 rings (SSSR count). The summed E-state index contributed by atoms with van der Waals surface area (Å²) in [6.07, 6.45) is 4.76. The molecule has 0 radical (unpaired) electrons. The molecule has 2 aromatic rings. The third kappa shape index (κ3) is 6.42. The summed E-state index contributed by atoms with van der Waals surface area (Å²) in [6.45, 7) is 4.35. The maximum Gasteiger partial charge on any atom is 0.191 e. The van der Waals surface area contributed by atoms with Crippen LogP contribution in [0.5, 0.6) is 0 Å². The first kappa shape index (κ1) is 18.6. The normalized spacial score (nSPS) is 11.4. The van der Waals surface area contributed by atoms with E-state index in [9.17, 15) is 0 Å². The summed E-state index contributed by atoms with van der Waals surface area (Å²) >= 11 is 7.54. The molecule has 128 valence electrons. The molecule has 6 heteroatoms. The summed E-state index contributed by atoms with van der Waals surface area (Å²) in [7, 11) is 0. The maximum absolute atomic E-state index is 5.80. The molecule has 0 saturated heterocycles. The van der Waals surface area contributed by atoms with Crippen LogP contribution in [0.2, 0.25) is 5.15 Å². The van der Waals surface area contributed by atoms with E-state index < -0.39 is 0 Å². The number of aliphatic imine (C=N–C) groups is 1. The number of aromatic nitrogens is 1. The molecule has 1 aromatic heterocycles. The van der Waals surface area contributed by atoms with Gasteiger partial charge in [-0.1, -0.05) is 29.8 Å². The fraction of sp³-hybridized carbons (Fsp3) is 0.333. The quantitative estimate of drug-likeness (QED) is 0.341. The van der Waals surface area contributed by atoms with Crippen LogP contribution in [0.25, 0.3) is 0 Å². The third-order valence-corrected chi connectivity index (χ3v) is 4.38. The monoisotopic (exact) mass is 362 g/mol. The van der Waals surface area contributed by atoms with E-state index >= 15 is 0 Å². The Balaban J connectivity index is 1.86. The van der Waals surface area contributed by atoms with Crippen molar-refractivity contribution in [2.24, 2.45) is 4.99 Å². The van der Waals surface area contributed by atoms with Gasteiger partial charge in [-0.05, 0) is 48.9 Å². The van der Waals surface area contributed by atoms with Crippen molar-refractivity contribution in [2.45, 2.75) is 24.8 Å². The first-order valence-electron chi connectivity index (χ1n) is 7.97. The molecule has 0 aliphatic carbocycles. The van der Waals surface area contributed by atoms with Crippen molar-refractivity contribution in [3.8, 4) is 0 Å². The van der Waals surface area contributed by atoms with Crippen LogP contribution in [0, 0.1) is 0 Å². The molecule has 0 unspecified atom stereocenters. The van der Waals surface area contributed by atoms with Gasteiger partial charge in [0.15, 0.2) is 5.96 Å². The van der Waals surface area contributed by atoms with E-state index in [2.05, 4.69) is 58.1 Å². The highest BCUT2D eigenvalue weighted by Crippen LogP contribution is 2.15. The van der Waals surface area contributed by atoms with Crippen LogP contribution in [-0.4, -0.2) is 30.3 Å². The Morgan fingerprint density at radius 3 is 2.50 bits per heavy atom. The highest BCUT2D eigenvalue weighted by Gasteiger charge is 1.99. The molecule has 1 heterocycles. The van der Waals surface area contributed by atoms with E-state index in [4.69, 9.17) is 11.6 Å². The Labute approximate surface area is 153 Å². The van der Waals surface area contributed by atoms with Crippen LogP contribution < -0.4 is 10.6 Å².